The molecule has 2 N–H and O–H groups in total. The molecule has 0 spiro atoms. The Balaban J connectivity index is 2.29. The lowest BCUT2D eigenvalue weighted by atomic mass is 10.1. The van der Waals surface area contributed by atoms with Gasteiger partial charge in [0.25, 0.3) is 0 Å². The van der Waals surface area contributed by atoms with Gasteiger partial charge in [-0.05, 0) is 31.0 Å². The number of benzene rings is 1. The maximum absolute atomic E-state index is 11.9. The van der Waals surface area contributed by atoms with E-state index in [1.54, 1.807) is 12.1 Å². The van der Waals surface area contributed by atoms with Gasteiger partial charge in [-0.2, -0.15) is 0 Å². The number of unbranched alkanes of at least 4 members (excludes halogenated alkanes) is 1. The van der Waals surface area contributed by atoms with E-state index in [0.717, 1.165) is 29.4 Å². The molecule has 96 valence electrons. The Hall–Kier alpha value is -2.04. The third-order valence-corrected chi connectivity index (χ3v) is 2.93. The van der Waals surface area contributed by atoms with Crippen molar-refractivity contribution in [3.8, 4) is 0 Å². The first-order valence-electron chi connectivity index (χ1n) is 6.04. The highest BCUT2D eigenvalue weighted by atomic mass is 16.5. The van der Waals surface area contributed by atoms with Gasteiger partial charge in [-0.3, -0.25) is 0 Å². The number of aromatic nitrogens is 2. The van der Waals surface area contributed by atoms with Crippen molar-refractivity contribution >= 4 is 22.8 Å². The van der Waals surface area contributed by atoms with Gasteiger partial charge < -0.3 is 10.5 Å². The second kappa shape index (κ2) is 5.08. The highest BCUT2D eigenvalue weighted by molar-refractivity contribution is 5.90. The molecule has 1 heterocycles. The van der Waals surface area contributed by atoms with Crippen molar-refractivity contribution < 1.29 is 9.53 Å². The third-order valence-electron chi connectivity index (χ3n) is 2.93. The average Bonchev–Trinajstić information content (AvgIpc) is 2.78. The van der Waals surface area contributed by atoms with Gasteiger partial charge in [0, 0.05) is 5.69 Å². The van der Waals surface area contributed by atoms with Crippen LogP contribution < -0.4 is 5.73 Å². The van der Waals surface area contributed by atoms with Crippen LogP contribution >= 0.6 is 0 Å². The number of rotatable bonds is 3. The molecule has 0 unspecified atom stereocenters. The summed E-state index contributed by atoms with van der Waals surface area (Å²) in [4.78, 5) is 16.1. The van der Waals surface area contributed by atoms with Crippen LogP contribution in [-0.4, -0.2) is 22.3 Å². The first-order chi connectivity index (χ1) is 8.65. The number of nitrogen functional groups attached to an aromatic ring is 1. The predicted octanol–water partition coefficient (Wildman–Crippen LogP) is 2.71. The number of anilines is 1. The molecule has 2 rings (SSSR count). The maximum Gasteiger partial charge on any atom is 0.419 e. The highest BCUT2D eigenvalue weighted by Crippen LogP contribution is 2.22. The van der Waals surface area contributed by atoms with E-state index in [9.17, 15) is 4.79 Å². The lowest BCUT2D eigenvalue weighted by Gasteiger charge is -2.05. The number of carbonyl (C=O) groups excluding carboxylic acids is 1. The van der Waals surface area contributed by atoms with E-state index in [-0.39, 0.29) is 0 Å². The van der Waals surface area contributed by atoms with Crippen LogP contribution in [0, 0.1) is 6.92 Å². The molecule has 0 saturated heterocycles. The van der Waals surface area contributed by atoms with Crippen molar-refractivity contribution in [2.24, 2.45) is 0 Å². The van der Waals surface area contributed by atoms with Gasteiger partial charge in [-0.1, -0.05) is 13.3 Å². The zero-order chi connectivity index (χ0) is 13.1. The molecule has 1 aromatic carbocycles. The standard InChI is InChI=1S/C13H17N3O2/c1-3-4-7-18-13(17)16-8-15-12-9(2)10(14)5-6-11(12)16/h5-6,8H,3-4,7,14H2,1-2H3. The van der Waals surface area contributed by atoms with Crippen LogP contribution in [0.2, 0.25) is 0 Å². The normalized spacial score (nSPS) is 10.8. The van der Waals surface area contributed by atoms with Crippen LogP contribution in [0.25, 0.3) is 11.0 Å². The van der Waals surface area contributed by atoms with Gasteiger partial charge in [-0.25, -0.2) is 14.3 Å². The number of hydrogen-bond acceptors (Lipinski definition) is 4. The monoisotopic (exact) mass is 247 g/mol. The molecule has 0 atom stereocenters. The SMILES string of the molecule is CCCCOC(=O)n1cnc2c(C)c(N)ccc21. The fourth-order valence-electron chi connectivity index (χ4n) is 1.76. The molecule has 0 fully saturated rings. The summed E-state index contributed by atoms with van der Waals surface area (Å²) >= 11 is 0. The van der Waals surface area contributed by atoms with E-state index in [1.165, 1.54) is 10.9 Å². The third kappa shape index (κ3) is 2.16. The summed E-state index contributed by atoms with van der Waals surface area (Å²) in [5.74, 6) is 0. The number of carbonyl (C=O) groups is 1. The van der Waals surface area contributed by atoms with Crippen LogP contribution in [0.5, 0.6) is 0 Å². The molecule has 0 aliphatic heterocycles. The van der Waals surface area contributed by atoms with E-state index in [2.05, 4.69) is 4.98 Å². The summed E-state index contributed by atoms with van der Waals surface area (Å²) in [5.41, 5.74) is 8.82. The summed E-state index contributed by atoms with van der Waals surface area (Å²) in [6.45, 7) is 4.37. The fraction of sp³-hybridized carbons (Fsp3) is 0.385. The van der Waals surface area contributed by atoms with Gasteiger partial charge in [0.1, 0.15) is 6.33 Å². The van der Waals surface area contributed by atoms with Crippen molar-refractivity contribution in [1.29, 1.82) is 0 Å². The van der Waals surface area contributed by atoms with Crippen LogP contribution in [0.15, 0.2) is 18.5 Å². The van der Waals surface area contributed by atoms with Gasteiger partial charge in [0.2, 0.25) is 0 Å². The Morgan fingerprint density at radius 2 is 2.28 bits per heavy atom. The smallest absolute Gasteiger partial charge is 0.419 e. The Morgan fingerprint density at radius 1 is 1.50 bits per heavy atom. The number of fused-ring (bicyclic) bond motifs is 1. The van der Waals surface area contributed by atoms with Gasteiger partial charge in [-0.15, -0.1) is 0 Å². The highest BCUT2D eigenvalue weighted by Gasteiger charge is 2.13. The molecule has 0 radical (unpaired) electrons. The molecular weight excluding hydrogens is 230 g/mol. The first kappa shape index (κ1) is 12.4. The minimum absolute atomic E-state index is 0.393. The van der Waals surface area contributed by atoms with Crippen molar-refractivity contribution in [3.63, 3.8) is 0 Å². The van der Waals surface area contributed by atoms with E-state index in [4.69, 9.17) is 10.5 Å². The first-order valence-corrected chi connectivity index (χ1v) is 6.04. The summed E-state index contributed by atoms with van der Waals surface area (Å²) in [6, 6.07) is 3.56. The Bertz CT molecular complexity index is 575. The molecule has 1 aromatic heterocycles. The summed E-state index contributed by atoms with van der Waals surface area (Å²) in [5, 5.41) is 0. The van der Waals surface area contributed by atoms with E-state index in [1.807, 2.05) is 13.8 Å². The van der Waals surface area contributed by atoms with E-state index < -0.39 is 6.09 Å². The van der Waals surface area contributed by atoms with Crippen molar-refractivity contribution in [3.05, 3.63) is 24.0 Å². The number of hydrogen-bond donors (Lipinski definition) is 1. The summed E-state index contributed by atoms with van der Waals surface area (Å²) < 4.78 is 6.57. The quantitative estimate of drug-likeness (QED) is 0.668. The van der Waals surface area contributed by atoms with Crippen molar-refractivity contribution in [2.45, 2.75) is 26.7 Å². The van der Waals surface area contributed by atoms with E-state index in [0.29, 0.717) is 12.3 Å². The molecule has 5 nitrogen and oxygen atoms in total. The molecule has 5 heteroatoms. The Morgan fingerprint density at radius 3 is 3.00 bits per heavy atom. The molecule has 18 heavy (non-hydrogen) atoms. The lowest BCUT2D eigenvalue weighted by Crippen LogP contribution is -2.13. The number of nitrogens with two attached hydrogens (primary N) is 1. The van der Waals surface area contributed by atoms with Crippen LogP contribution in [0.3, 0.4) is 0 Å². The Labute approximate surface area is 106 Å². The molecule has 0 bridgehead atoms. The van der Waals surface area contributed by atoms with Crippen LogP contribution in [-0.2, 0) is 4.74 Å². The van der Waals surface area contributed by atoms with E-state index >= 15 is 0 Å². The van der Waals surface area contributed by atoms with Crippen LogP contribution in [0.1, 0.15) is 25.3 Å². The summed E-state index contributed by atoms with van der Waals surface area (Å²) in [6.07, 6.45) is 2.94. The minimum Gasteiger partial charge on any atom is -0.449 e. The molecule has 2 aromatic rings. The number of nitrogens with zero attached hydrogens (tertiary/aromatic N) is 2. The fourth-order valence-corrected chi connectivity index (χ4v) is 1.76. The largest absolute Gasteiger partial charge is 0.449 e. The van der Waals surface area contributed by atoms with Crippen molar-refractivity contribution in [2.75, 3.05) is 12.3 Å². The minimum atomic E-state index is -0.393. The zero-order valence-corrected chi connectivity index (χ0v) is 10.6. The zero-order valence-electron chi connectivity index (χ0n) is 10.6. The molecule has 0 saturated carbocycles. The predicted molar refractivity (Wildman–Crippen MR) is 70.5 cm³/mol. The lowest BCUT2D eigenvalue weighted by molar-refractivity contribution is 0.147. The Kier molecular flexibility index (Phi) is 3.50. The second-order valence-electron chi connectivity index (χ2n) is 4.23. The second-order valence-corrected chi connectivity index (χ2v) is 4.23. The van der Waals surface area contributed by atoms with Crippen LogP contribution in [0.4, 0.5) is 10.5 Å². The maximum atomic E-state index is 11.9. The van der Waals surface area contributed by atoms with Gasteiger partial charge in [0.05, 0.1) is 17.6 Å². The molecule has 0 amide bonds. The topological polar surface area (TPSA) is 70.1 Å². The number of imidazole rings is 1. The molecule has 0 aliphatic rings. The van der Waals surface area contributed by atoms with Gasteiger partial charge >= 0.3 is 6.09 Å². The van der Waals surface area contributed by atoms with Gasteiger partial charge in [0.15, 0.2) is 0 Å². The number of aryl methyl sites for hydroxylation is 1. The molecule has 0 aliphatic carbocycles. The number of ether oxygens (including phenoxy) is 1. The average molecular weight is 247 g/mol. The summed E-state index contributed by atoms with van der Waals surface area (Å²) in [7, 11) is 0. The molecular formula is C13H17N3O2. The van der Waals surface area contributed by atoms with Crippen molar-refractivity contribution in [1.82, 2.24) is 9.55 Å².